The van der Waals surface area contributed by atoms with Crippen molar-refractivity contribution in [2.45, 2.75) is 29.8 Å². The molecule has 0 aliphatic rings. The minimum absolute atomic E-state index is 0.232. The number of benzene rings is 1. The molecule has 19 heavy (non-hydrogen) atoms. The first-order chi connectivity index (χ1) is 8.97. The summed E-state index contributed by atoms with van der Waals surface area (Å²) in [5.74, 6) is -0.235. The summed E-state index contributed by atoms with van der Waals surface area (Å²) in [5.41, 5.74) is 7.27. The first kappa shape index (κ1) is 14.3. The van der Waals surface area contributed by atoms with Crippen LogP contribution in [0.5, 0.6) is 0 Å². The van der Waals surface area contributed by atoms with Gasteiger partial charge in [-0.15, -0.1) is 0 Å². The SMILES string of the molecule is Cc1cc(Sc2ccc(Cl)cn2)c([C@@H](C)N)cc1F. The average Bonchev–Trinajstić information content (AvgIpc) is 2.36. The Morgan fingerprint density at radius 1 is 1.37 bits per heavy atom. The van der Waals surface area contributed by atoms with Gasteiger partial charge in [-0.3, -0.25) is 0 Å². The minimum atomic E-state index is -0.235. The predicted octanol–water partition coefficient (Wildman–Crippen LogP) is 4.35. The molecule has 0 bridgehead atoms. The van der Waals surface area contributed by atoms with Gasteiger partial charge in [0.1, 0.15) is 10.8 Å². The van der Waals surface area contributed by atoms with Crippen molar-refractivity contribution in [3.63, 3.8) is 0 Å². The molecule has 0 amide bonds. The average molecular weight is 297 g/mol. The third-order valence-corrected chi connectivity index (χ3v) is 3.94. The van der Waals surface area contributed by atoms with Crippen LogP contribution in [0.2, 0.25) is 5.02 Å². The van der Waals surface area contributed by atoms with Gasteiger partial charge in [-0.1, -0.05) is 23.4 Å². The molecule has 2 N–H and O–H groups in total. The molecule has 0 fully saturated rings. The van der Waals surface area contributed by atoms with Gasteiger partial charge in [-0.25, -0.2) is 9.37 Å². The highest BCUT2D eigenvalue weighted by molar-refractivity contribution is 7.99. The molecule has 0 aliphatic heterocycles. The van der Waals surface area contributed by atoms with Crippen molar-refractivity contribution in [2.75, 3.05) is 0 Å². The maximum absolute atomic E-state index is 13.6. The van der Waals surface area contributed by atoms with Crippen LogP contribution in [0.4, 0.5) is 4.39 Å². The number of nitrogens with zero attached hydrogens (tertiary/aromatic N) is 1. The van der Waals surface area contributed by atoms with Crippen LogP contribution in [0.15, 0.2) is 40.4 Å². The van der Waals surface area contributed by atoms with Gasteiger partial charge in [-0.05, 0) is 49.2 Å². The molecule has 5 heteroatoms. The van der Waals surface area contributed by atoms with E-state index in [0.29, 0.717) is 10.6 Å². The second-order valence-corrected chi connectivity index (χ2v) is 5.84. The number of nitrogens with two attached hydrogens (primary N) is 1. The van der Waals surface area contributed by atoms with Crippen molar-refractivity contribution in [3.8, 4) is 0 Å². The summed E-state index contributed by atoms with van der Waals surface area (Å²) >= 11 is 7.26. The quantitative estimate of drug-likeness (QED) is 0.915. The maximum Gasteiger partial charge on any atom is 0.126 e. The predicted molar refractivity (Wildman–Crippen MR) is 77.1 cm³/mol. The second-order valence-electron chi connectivity index (χ2n) is 4.34. The first-order valence-electron chi connectivity index (χ1n) is 5.82. The molecule has 0 saturated heterocycles. The Labute approximate surface area is 121 Å². The fraction of sp³-hybridized carbons (Fsp3) is 0.214. The lowest BCUT2D eigenvalue weighted by Gasteiger charge is -2.13. The zero-order valence-corrected chi connectivity index (χ0v) is 12.2. The molecule has 2 nitrogen and oxygen atoms in total. The molecule has 0 saturated carbocycles. The summed E-state index contributed by atoms with van der Waals surface area (Å²) in [7, 11) is 0. The number of aromatic nitrogens is 1. The van der Waals surface area contributed by atoms with Crippen molar-refractivity contribution in [1.29, 1.82) is 0 Å². The van der Waals surface area contributed by atoms with E-state index in [1.807, 2.05) is 13.0 Å². The monoisotopic (exact) mass is 296 g/mol. The Morgan fingerprint density at radius 3 is 2.68 bits per heavy atom. The Balaban J connectivity index is 2.38. The lowest BCUT2D eigenvalue weighted by Crippen LogP contribution is -2.07. The fourth-order valence-corrected chi connectivity index (χ4v) is 2.83. The van der Waals surface area contributed by atoms with Gasteiger partial charge in [0.05, 0.1) is 5.02 Å². The topological polar surface area (TPSA) is 38.9 Å². The molecule has 0 radical (unpaired) electrons. The molecule has 1 aromatic heterocycles. The fourth-order valence-electron chi connectivity index (χ4n) is 1.65. The number of pyridine rings is 1. The molecule has 0 spiro atoms. The number of hydrogen-bond acceptors (Lipinski definition) is 3. The van der Waals surface area contributed by atoms with E-state index in [2.05, 4.69) is 4.98 Å². The van der Waals surface area contributed by atoms with Gasteiger partial charge >= 0.3 is 0 Å². The highest BCUT2D eigenvalue weighted by Crippen LogP contribution is 2.33. The molecular formula is C14H14ClFN2S. The van der Waals surface area contributed by atoms with Crippen molar-refractivity contribution < 1.29 is 4.39 Å². The standard InChI is InChI=1S/C14H14ClFN2S/c1-8-5-13(11(9(2)17)6-12(8)16)19-14-4-3-10(15)7-18-14/h3-7,9H,17H2,1-2H3/t9-/m1/s1. The van der Waals surface area contributed by atoms with E-state index in [-0.39, 0.29) is 11.9 Å². The van der Waals surface area contributed by atoms with Crippen molar-refractivity contribution in [2.24, 2.45) is 5.73 Å². The Morgan fingerprint density at radius 2 is 2.11 bits per heavy atom. The van der Waals surface area contributed by atoms with Crippen LogP contribution < -0.4 is 5.73 Å². The zero-order chi connectivity index (χ0) is 14.0. The molecule has 2 rings (SSSR count). The van der Waals surface area contributed by atoms with Gasteiger partial charge in [0.15, 0.2) is 0 Å². The lowest BCUT2D eigenvalue weighted by molar-refractivity contribution is 0.610. The molecule has 1 heterocycles. The van der Waals surface area contributed by atoms with Gasteiger partial charge in [0.25, 0.3) is 0 Å². The molecule has 1 aromatic carbocycles. The molecule has 1 atom stereocenters. The van der Waals surface area contributed by atoms with Crippen molar-refractivity contribution in [1.82, 2.24) is 4.98 Å². The number of hydrogen-bond donors (Lipinski definition) is 1. The molecular weight excluding hydrogens is 283 g/mol. The summed E-state index contributed by atoms with van der Waals surface area (Å²) < 4.78 is 13.6. The van der Waals surface area contributed by atoms with Gasteiger partial charge in [0, 0.05) is 17.1 Å². The van der Waals surface area contributed by atoms with Crippen molar-refractivity contribution in [3.05, 3.63) is 52.4 Å². The third kappa shape index (κ3) is 3.47. The number of halogens is 2. The van der Waals surface area contributed by atoms with E-state index >= 15 is 0 Å². The van der Waals surface area contributed by atoms with Gasteiger partial charge in [0.2, 0.25) is 0 Å². The van der Waals surface area contributed by atoms with Gasteiger partial charge in [-0.2, -0.15) is 0 Å². The zero-order valence-electron chi connectivity index (χ0n) is 10.7. The van der Waals surface area contributed by atoms with Gasteiger partial charge < -0.3 is 5.73 Å². The highest BCUT2D eigenvalue weighted by Gasteiger charge is 2.12. The molecule has 100 valence electrons. The van der Waals surface area contributed by atoms with Crippen LogP contribution in [0.1, 0.15) is 24.1 Å². The summed E-state index contributed by atoms with van der Waals surface area (Å²) in [6.07, 6.45) is 1.59. The molecule has 0 unspecified atom stereocenters. The summed E-state index contributed by atoms with van der Waals surface area (Å²) in [6, 6.07) is 6.67. The van der Waals surface area contributed by atoms with Crippen LogP contribution in [0, 0.1) is 12.7 Å². The molecule has 2 aromatic rings. The summed E-state index contributed by atoms with van der Waals surface area (Å²) in [5, 5.41) is 1.39. The normalized spacial score (nSPS) is 12.5. The van der Waals surface area contributed by atoms with E-state index in [9.17, 15) is 4.39 Å². The third-order valence-electron chi connectivity index (χ3n) is 2.70. The molecule has 0 aliphatic carbocycles. The van der Waals surface area contributed by atoms with E-state index in [4.69, 9.17) is 17.3 Å². The Kier molecular flexibility index (Phi) is 4.45. The number of rotatable bonds is 3. The van der Waals surface area contributed by atoms with E-state index in [1.165, 1.54) is 17.8 Å². The van der Waals surface area contributed by atoms with Crippen LogP contribution in [0.3, 0.4) is 0 Å². The summed E-state index contributed by atoms with van der Waals surface area (Å²) in [6.45, 7) is 3.57. The second kappa shape index (κ2) is 5.90. The Bertz CT molecular complexity index is 585. The van der Waals surface area contributed by atoms with E-state index in [1.54, 1.807) is 25.3 Å². The van der Waals surface area contributed by atoms with Crippen LogP contribution in [0.25, 0.3) is 0 Å². The van der Waals surface area contributed by atoms with Crippen LogP contribution in [-0.2, 0) is 0 Å². The first-order valence-corrected chi connectivity index (χ1v) is 7.02. The van der Waals surface area contributed by atoms with Crippen LogP contribution >= 0.6 is 23.4 Å². The minimum Gasteiger partial charge on any atom is -0.324 e. The van der Waals surface area contributed by atoms with E-state index in [0.717, 1.165) is 15.5 Å². The Hall–Kier alpha value is -1.10. The van der Waals surface area contributed by atoms with Crippen molar-refractivity contribution >= 4 is 23.4 Å². The smallest absolute Gasteiger partial charge is 0.126 e. The largest absolute Gasteiger partial charge is 0.324 e. The number of aryl methyl sites for hydroxylation is 1. The highest BCUT2D eigenvalue weighted by atomic mass is 35.5. The maximum atomic E-state index is 13.6. The van der Waals surface area contributed by atoms with E-state index < -0.39 is 0 Å². The summed E-state index contributed by atoms with van der Waals surface area (Å²) in [4.78, 5) is 5.14. The van der Waals surface area contributed by atoms with Crippen LogP contribution in [-0.4, -0.2) is 4.98 Å². The lowest BCUT2D eigenvalue weighted by atomic mass is 10.1.